The van der Waals surface area contributed by atoms with Gasteiger partial charge in [-0.05, 0) is 47.7 Å². The number of nitrogens with zero attached hydrogens (tertiary/aromatic N) is 1. The first-order valence-corrected chi connectivity index (χ1v) is 8.72. The van der Waals surface area contributed by atoms with Crippen molar-refractivity contribution >= 4 is 12.0 Å². The second-order valence-corrected chi connectivity index (χ2v) is 7.41. The molecule has 2 aromatic rings. The van der Waals surface area contributed by atoms with Crippen LogP contribution in [-0.2, 0) is 10.2 Å². The molecular weight excluding hydrogens is 326 g/mol. The van der Waals surface area contributed by atoms with Gasteiger partial charge < -0.3 is 4.74 Å². The molecule has 1 atom stereocenters. The fraction of sp³-hybridized carbons (Fsp3) is 0.318. The molecule has 0 aromatic heterocycles. The molecule has 0 saturated heterocycles. The lowest BCUT2D eigenvalue weighted by Crippen LogP contribution is -2.32. The van der Waals surface area contributed by atoms with Crippen LogP contribution in [0.25, 0.3) is 6.08 Å². The van der Waals surface area contributed by atoms with E-state index in [-0.39, 0.29) is 5.41 Å². The van der Waals surface area contributed by atoms with E-state index in [1.54, 1.807) is 13.0 Å². The van der Waals surface area contributed by atoms with E-state index in [4.69, 9.17) is 4.74 Å². The SMILES string of the molecule is CC(=O)N(O)C(C)C=Cc1cccc(Oc2ccc(C(C)(C)C)cc2)c1. The molecule has 0 spiro atoms. The minimum atomic E-state index is -0.401. The van der Waals surface area contributed by atoms with E-state index in [9.17, 15) is 10.0 Å². The van der Waals surface area contributed by atoms with Crippen LogP contribution < -0.4 is 4.74 Å². The number of hydrogen-bond donors (Lipinski definition) is 1. The molecule has 26 heavy (non-hydrogen) atoms. The van der Waals surface area contributed by atoms with Gasteiger partial charge in [-0.3, -0.25) is 10.0 Å². The fourth-order valence-corrected chi connectivity index (χ4v) is 2.46. The van der Waals surface area contributed by atoms with Gasteiger partial charge in [0, 0.05) is 6.92 Å². The maximum atomic E-state index is 11.2. The summed E-state index contributed by atoms with van der Waals surface area (Å²) in [4.78, 5) is 11.2. The zero-order valence-corrected chi connectivity index (χ0v) is 16.1. The molecule has 1 amide bonds. The molecule has 0 heterocycles. The number of amides is 1. The smallest absolute Gasteiger partial charge is 0.243 e. The third-order valence-corrected chi connectivity index (χ3v) is 4.09. The predicted octanol–water partition coefficient (Wildman–Crippen LogP) is 5.42. The van der Waals surface area contributed by atoms with Gasteiger partial charge in [0.2, 0.25) is 5.91 Å². The highest BCUT2D eigenvalue weighted by Crippen LogP contribution is 2.27. The summed E-state index contributed by atoms with van der Waals surface area (Å²) in [5.74, 6) is 1.12. The molecule has 2 rings (SSSR count). The maximum absolute atomic E-state index is 11.2. The Hall–Kier alpha value is -2.59. The van der Waals surface area contributed by atoms with Gasteiger partial charge in [-0.1, -0.05) is 57.2 Å². The lowest BCUT2D eigenvalue weighted by molar-refractivity contribution is -0.167. The van der Waals surface area contributed by atoms with Crippen molar-refractivity contribution in [2.75, 3.05) is 0 Å². The standard InChI is InChI=1S/C22H27NO3/c1-16(23(25)17(2)24)9-10-18-7-6-8-21(15-18)26-20-13-11-19(12-14-20)22(3,4)5/h6-16,25H,1-5H3. The monoisotopic (exact) mass is 353 g/mol. The number of ether oxygens (including phenoxy) is 1. The molecule has 0 bridgehead atoms. The van der Waals surface area contributed by atoms with Crippen LogP contribution in [0.5, 0.6) is 11.5 Å². The lowest BCUT2D eigenvalue weighted by Gasteiger charge is -2.19. The van der Waals surface area contributed by atoms with Gasteiger partial charge >= 0.3 is 0 Å². The zero-order chi connectivity index (χ0) is 19.3. The Kier molecular flexibility index (Phi) is 6.22. The van der Waals surface area contributed by atoms with Crippen LogP contribution in [0.1, 0.15) is 45.7 Å². The van der Waals surface area contributed by atoms with Crippen LogP contribution in [0.3, 0.4) is 0 Å². The molecule has 2 aromatic carbocycles. The highest BCUT2D eigenvalue weighted by molar-refractivity contribution is 5.72. The first kappa shape index (κ1) is 19.7. The summed E-state index contributed by atoms with van der Waals surface area (Å²) in [5, 5.41) is 10.3. The zero-order valence-electron chi connectivity index (χ0n) is 16.1. The third kappa shape index (κ3) is 5.46. The van der Waals surface area contributed by atoms with Gasteiger partial charge in [-0.25, -0.2) is 5.06 Å². The van der Waals surface area contributed by atoms with Crippen LogP contribution in [0.15, 0.2) is 54.6 Å². The Labute approximate surface area is 155 Å². The quantitative estimate of drug-likeness (QED) is 0.577. The molecule has 4 nitrogen and oxygen atoms in total. The van der Waals surface area contributed by atoms with Gasteiger partial charge in [-0.2, -0.15) is 0 Å². The Morgan fingerprint density at radius 2 is 1.77 bits per heavy atom. The van der Waals surface area contributed by atoms with Crippen molar-refractivity contribution in [1.82, 2.24) is 5.06 Å². The van der Waals surface area contributed by atoms with Crippen molar-refractivity contribution in [3.05, 3.63) is 65.7 Å². The Bertz CT molecular complexity index is 773. The average Bonchev–Trinajstić information content (AvgIpc) is 2.59. The average molecular weight is 353 g/mol. The molecule has 4 heteroatoms. The first-order valence-electron chi connectivity index (χ1n) is 8.72. The topological polar surface area (TPSA) is 49.8 Å². The first-order chi connectivity index (χ1) is 12.2. The lowest BCUT2D eigenvalue weighted by atomic mass is 9.87. The number of hydrogen-bond acceptors (Lipinski definition) is 3. The largest absolute Gasteiger partial charge is 0.457 e. The van der Waals surface area contributed by atoms with Crippen LogP contribution in [0, 0.1) is 0 Å². The molecule has 0 aliphatic carbocycles. The molecule has 1 N–H and O–H groups in total. The Balaban J connectivity index is 2.08. The summed E-state index contributed by atoms with van der Waals surface area (Å²) in [5.41, 5.74) is 2.30. The summed E-state index contributed by atoms with van der Waals surface area (Å²) in [6, 6.07) is 15.4. The van der Waals surface area contributed by atoms with Crippen molar-refractivity contribution < 1.29 is 14.7 Å². The maximum Gasteiger partial charge on any atom is 0.243 e. The highest BCUT2D eigenvalue weighted by atomic mass is 16.5. The molecule has 0 fully saturated rings. The molecule has 0 radical (unpaired) electrons. The molecular formula is C22H27NO3. The molecule has 1 unspecified atom stereocenters. The van der Waals surface area contributed by atoms with E-state index in [1.165, 1.54) is 12.5 Å². The van der Waals surface area contributed by atoms with Gasteiger partial charge in [0.25, 0.3) is 0 Å². The van der Waals surface area contributed by atoms with Gasteiger partial charge in [0.1, 0.15) is 11.5 Å². The summed E-state index contributed by atoms with van der Waals surface area (Å²) in [7, 11) is 0. The van der Waals surface area contributed by atoms with E-state index in [0.29, 0.717) is 5.06 Å². The van der Waals surface area contributed by atoms with Crippen LogP contribution in [-0.4, -0.2) is 22.2 Å². The third-order valence-electron chi connectivity index (χ3n) is 4.09. The van der Waals surface area contributed by atoms with E-state index in [1.807, 2.05) is 42.5 Å². The molecule has 138 valence electrons. The van der Waals surface area contributed by atoms with Crippen molar-refractivity contribution in [3.63, 3.8) is 0 Å². The Morgan fingerprint density at radius 1 is 1.12 bits per heavy atom. The van der Waals surface area contributed by atoms with Gasteiger partial charge in [0.15, 0.2) is 0 Å². The second kappa shape index (κ2) is 8.19. The second-order valence-electron chi connectivity index (χ2n) is 7.41. The van der Waals surface area contributed by atoms with Gasteiger partial charge in [0.05, 0.1) is 6.04 Å². The number of benzene rings is 2. The number of carbonyl (C=O) groups is 1. The highest BCUT2D eigenvalue weighted by Gasteiger charge is 2.13. The summed E-state index contributed by atoms with van der Waals surface area (Å²) >= 11 is 0. The van der Waals surface area contributed by atoms with Crippen molar-refractivity contribution in [2.45, 2.75) is 46.1 Å². The minimum absolute atomic E-state index is 0.112. The van der Waals surface area contributed by atoms with Crippen LogP contribution in [0.4, 0.5) is 0 Å². The molecule has 0 aliphatic heterocycles. The number of carbonyl (C=O) groups excluding carboxylic acids is 1. The van der Waals surface area contributed by atoms with Crippen LogP contribution >= 0.6 is 0 Å². The summed E-state index contributed by atoms with van der Waals surface area (Å²) in [6.07, 6.45) is 3.62. The summed E-state index contributed by atoms with van der Waals surface area (Å²) in [6.45, 7) is 9.61. The number of hydroxylamine groups is 2. The number of rotatable bonds is 5. The molecule has 0 saturated carbocycles. The van der Waals surface area contributed by atoms with E-state index < -0.39 is 11.9 Å². The normalized spacial score (nSPS) is 12.8. The van der Waals surface area contributed by atoms with E-state index in [2.05, 4.69) is 32.9 Å². The molecule has 0 aliphatic rings. The Morgan fingerprint density at radius 3 is 2.35 bits per heavy atom. The minimum Gasteiger partial charge on any atom is -0.457 e. The van der Waals surface area contributed by atoms with Crippen molar-refractivity contribution in [2.24, 2.45) is 0 Å². The van der Waals surface area contributed by atoms with Crippen LogP contribution in [0.2, 0.25) is 0 Å². The predicted molar refractivity (Wildman–Crippen MR) is 104 cm³/mol. The van der Waals surface area contributed by atoms with E-state index >= 15 is 0 Å². The van der Waals surface area contributed by atoms with Gasteiger partial charge in [-0.15, -0.1) is 0 Å². The van der Waals surface area contributed by atoms with Crippen molar-refractivity contribution in [3.8, 4) is 11.5 Å². The van der Waals surface area contributed by atoms with E-state index in [0.717, 1.165) is 17.1 Å². The summed E-state index contributed by atoms with van der Waals surface area (Å²) < 4.78 is 5.93. The fourth-order valence-electron chi connectivity index (χ4n) is 2.46. The van der Waals surface area contributed by atoms with Crippen molar-refractivity contribution in [1.29, 1.82) is 0 Å².